The van der Waals surface area contributed by atoms with Gasteiger partial charge >= 0.3 is 0 Å². The summed E-state index contributed by atoms with van der Waals surface area (Å²) in [6.45, 7) is 9.10. The summed E-state index contributed by atoms with van der Waals surface area (Å²) in [6, 6.07) is 70.4. The Morgan fingerprint density at radius 2 is 0.909 bits per heavy atom. The molecule has 0 unspecified atom stereocenters. The predicted molar refractivity (Wildman–Crippen MR) is 231 cm³/mol. The van der Waals surface area contributed by atoms with Crippen LogP contribution >= 0.6 is 0 Å². The number of anilines is 3. The minimum absolute atomic E-state index is 0.135. The molecule has 0 aliphatic heterocycles. The summed E-state index contributed by atoms with van der Waals surface area (Å²) < 4.78 is 0. The summed E-state index contributed by atoms with van der Waals surface area (Å²) in [5.41, 5.74) is 20.8. The van der Waals surface area contributed by atoms with E-state index in [1.165, 1.54) is 83.6 Å². The Labute approximate surface area is 325 Å². The van der Waals surface area contributed by atoms with Gasteiger partial charge in [-0.15, -0.1) is 0 Å². The van der Waals surface area contributed by atoms with Gasteiger partial charge in [0.15, 0.2) is 0 Å². The second kappa shape index (κ2) is 12.6. The zero-order valence-corrected chi connectivity index (χ0v) is 31.8. The van der Waals surface area contributed by atoms with Gasteiger partial charge in [0.25, 0.3) is 0 Å². The zero-order valence-electron chi connectivity index (χ0n) is 31.8. The SMILES string of the molecule is Cc1ccc(C2(c3ccc(C)cc3)c3ccccc3-c3c(N(c4ccc5c(c4)C(C)(C)c4ccccc4-5)c4ccccc4-c4ccccc4)cccc32)cc1. The summed E-state index contributed by atoms with van der Waals surface area (Å²) in [4.78, 5) is 2.54. The molecule has 8 aromatic rings. The van der Waals surface area contributed by atoms with Crippen LogP contribution < -0.4 is 4.90 Å². The van der Waals surface area contributed by atoms with E-state index in [-0.39, 0.29) is 5.41 Å². The molecule has 8 aromatic carbocycles. The lowest BCUT2D eigenvalue weighted by molar-refractivity contribution is 0.660. The normalized spacial score (nSPS) is 14.1. The molecular weight excluding hydrogens is 663 g/mol. The molecule has 55 heavy (non-hydrogen) atoms. The van der Waals surface area contributed by atoms with Crippen molar-refractivity contribution in [3.8, 4) is 33.4 Å². The fourth-order valence-electron chi connectivity index (χ4n) is 9.66. The Kier molecular flexibility index (Phi) is 7.58. The van der Waals surface area contributed by atoms with Gasteiger partial charge in [0.05, 0.1) is 16.8 Å². The lowest BCUT2D eigenvalue weighted by atomic mass is 9.67. The Morgan fingerprint density at radius 1 is 0.382 bits per heavy atom. The van der Waals surface area contributed by atoms with E-state index in [2.05, 4.69) is 221 Å². The lowest BCUT2D eigenvalue weighted by Crippen LogP contribution is -2.28. The van der Waals surface area contributed by atoms with Crippen LogP contribution in [0.3, 0.4) is 0 Å². The molecule has 0 heterocycles. The van der Waals surface area contributed by atoms with Gasteiger partial charge in [0, 0.05) is 22.2 Å². The van der Waals surface area contributed by atoms with E-state index in [0.29, 0.717) is 0 Å². The molecule has 0 saturated heterocycles. The van der Waals surface area contributed by atoms with Crippen LogP contribution in [0.1, 0.15) is 58.4 Å². The molecule has 0 bridgehead atoms. The van der Waals surface area contributed by atoms with Crippen molar-refractivity contribution in [1.82, 2.24) is 0 Å². The van der Waals surface area contributed by atoms with Gasteiger partial charge in [0.2, 0.25) is 0 Å². The molecule has 2 aliphatic carbocycles. The number of rotatable bonds is 6. The molecule has 2 aliphatic rings. The molecule has 0 fully saturated rings. The molecule has 264 valence electrons. The Hall–Kier alpha value is -6.44. The third-order valence-corrected chi connectivity index (χ3v) is 12.3. The number of benzene rings is 8. The molecule has 0 amide bonds. The minimum atomic E-state index is -0.504. The van der Waals surface area contributed by atoms with Gasteiger partial charge in [-0.05, 0) is 93.7 Å². The lowest BCUT2D eigenvalue weighted by Gasteiger charge is -2.35. The Balaban J connectivity index is 1.30. The van der Waals surface area contributed by atoms with E-state index < -0.39 is 5.41 Å². The van der Waals surface area contributed by atoms with Crippen molar-refractivity contribution in [3.05, 3.63) is 233 Å². The van der Waals surface area contributed by atoms with Crippen molar-refractivity contribution in [3.63, 3.8) is 0 Å². The number of para-hydroxylation sites is 1. The van der Waals surface area contributed by atoms with Crippen molar-refractivity contribution in [2.75, 3.05) is 4.90 Å². The van der Waals surface area contributed by atoms with Crippen LogP contribution in [0.15, 0.2) is 188 Å². The molecule has 0 spiro atoms. The van der Waals surface area contributed by atoms with E-state index in [4.69, 9.17) is 0 Å². The minimum Gasteiger partial charge on any atom is -0.309 e. The predicted octanol–water partition coefficient (Wildman–Crippen LogP) is 14.1. The van der Waals surface area contributed by atoms with Crippen LogP contribution in [0.5, 0.6) is 0 Å². The van der Waals surface area contributed by atoms with Crippen molar-refractivity contribution in [2.45, 2.75) is 38.5 Å². The highest BCUT2D eigenvalue weighted by molar-refractivity contribution is 6.00. The average molecular weight is 706 g/mol. The van der Waals surface area contributed by atoms with Crippen molar-refractivity contribution < 1.29 is 0 Å². The summed E-state index contributed by atoms with van der Waals surface area (Å²) >= 11 is 0. The maximum Gasteiger partial charge on any atom is 0.0714 e. The molecule has 0 atom stereocenters. The van der Waals surface area contributed by atoms with Crippen molar-refractivity contribution >= 4 is 17.1 Å². The van der Waals surface area contributed by atoms with Gasteiger partial charge in [-0.3, -0.25) is 0 Å². The summed E-state index contributed by atoms with van der Waals surface area (Å²) in [5.74, 6) is 0. The number of hydrogen-bond acceptors (Lipinski definition) is 1. The molecule has 0 saturated carbocycles. The topological polar surface area (TPSA) is 3.24 Å². The van der Waals surface area contributed by atoms with Crippen LogP contribution in [0.2, 0.25) is 0 Å². The maximum atomic E-state index is 2.54. The Bertz CT molecular complexity index is 2690. The molecule has 10 rings (SSSR count). The first-order valence-electron chi connectivity index (χ1n) is 19.4. The number of aryl methyl sites for hydroxylation is 2. The Morgan fingerprint density at radius 3 is 1.60 bits per heavy atom. The van der Waals surface area contributed by atoms with Gasteiger partial charge in [-0.25, -0.2) is 0 Å². The molecule has 0 radical (unpaired) electrons. The largest absolute Gasteiger partial charge is 0.309 e. The summed E-state index contributed by atoms with van der Waals surface area (Å²) in [7, 11) is 0. The van der Waals surface area contributed by atoms with E-state index >= 15 is 0 Å². The first kappa shape index (κ1) is 33.2. The highest BCUT2D eigenvalue weighted by atomic mass is 15.1. The van der Waals surface area contributed by atoms with E-state index in [1.807, 2.05) is 0 Å². The summed E-state index contributed by atoms with van der Waals surface area (Å²) in [6.07, 6.45) is 0. The molecule has 1 nitrogen and oxygen atoms in total. The maximum absolute atomic E-state index is 2.54. The summed E-state index contributed by atoms with van der Waals surface area (Å²) in [5, 5.41) is 0. The number of fused-ring (bicyclic) bond motifs is 6. The molecule has 0 N–H and O–H groups in total. The van der Waals surface area contributed by atoms with Gasteiger partial charge in [0.1, 0.15) is 0 Å². The highest BCUT2D eigenvalue weighted by Crippen LogP contribution is 2.60. The second-order valence-corrected chi connectivity index (χ2v) is 15.8. The number of hydrogen-bond donors (Lipinski definition) is 0. The molecule has 1 heteroatoms. The molecule has 0 aromatic heterocycles. The number of nitrogens with zero attached hydrogens (tertiary/aromatic N) is 1. The van der Waals surface area contributed by atoms with Crippen LogP contribution in [-0.4, -0.2) is 0 Å². The van der Waals surface area contributed by atoms with E-state index in [9.17, 15) is 0 Å². The third kappa shape index (κ3) is 4.93. The van der Waals surface area contributed by atoms with Crippen LogP contribution in [-0.2, 0) is 10.8 Å². The van der Waals surface area contributed by atoms with Crippen LogP contribution in [0.4, 0.5) is 17.1 Å². The van der Waals surface area contributed by atoms with E-state index in [0.717, 1.165) is 11.4 Å². The fourth-order valence-corrected chi connectivity index (χ4v) is 9.66. The van der Waals surface area contributed by atoms with E-state index in [1.54, 1.807) is 0 Å². The van der Waals surface area contributed by atoms with Gasteiger partial charge < -0.3 is 4.90 Å². The van der Waals surface area contributed by atoms with Gasteiger partial charge in [-0.1, -0.05) is 189 Å². The van der Waals surface area contributed by atoms with Crippen LogP contribution in [0.25, 0.3) is 33.4 Å². The monoisotopic (exact) mass is 705 g/mol. The standard InChI is InChI=1S/C54H43N/c1-36-25-29-39(30-26-36)54(40-31-27-37(2)28-32-40)47-21-12-9-19-45(47)52-48(54)22-14-24-51(52)55(50-23-13-10-17-42(50)38-15-6-5-7-16-38)41-33-34-44-43-18-8-11-20-46(43)53(3,4)49(44)35-41/h5-35H,1-4H3. The first-order valence-corrected chi connectivity index (χ1v) is 19.4. The first-order chi connectivity index (χ1) is 26.9. The van der Waals surface area contributed by atoms with Gasteiger partial charge in [-0.2, -0.15) is 0 Å². The second-order valence-electron chi connectivity index (χ2n) is 15.8. The third-order valence-electron chi connectivity index (χ3n) is 12.3. The fraction of sp³-hybridized carbons (Fsp3) is 0.111. The van der Waals surface area contributed by atoms with Crippen LogP contribution in [0, 0.1) is 13.8 Å². The van der Waals surface area contributed by atoms with Crippen molar-refractivity contribution in [1.29, 1.82) is 0 Å². The highest BCUT2D eigenvalue weighted by Gasteiger charge is 2.47. The van der Waals surface area contributed by atoms with Crippen molar-refractivity contribution in [2.24, 2.45) is 0 Å². The molecular formula is C54H43N. The quantitative estimate of drug-likeness (QED) is 0.166. The smallest absolute Gasteiger partial charge is 0.0714 e. The zero-order chi connectivity index (χ0) is 37.3. The average Bonchev–Trinajstić information content (AvgIpc) is 3.65.